The van der Waals surface area contributed by atoms with E-state index in [4.69, 9.17) is 5.26 Å². The number of nitriles is 1. The van der Waals surface area contributed by atoms with Crippen molar-refractivity contribution in [2.75, 3.05) is 6.54 Å². The van der Waals surface area contributed by atoms with Crippen LogP contribution < -0.4 is 4.72 Å². The molecule has 0 unspecified atom stereocenters. The lowest BCUT2D eigenvalue weighted by atomic mass is 10.1. The maximum absolute atomic E-state index is 12.2. The van der Waals surface area contributed by atoms with Gasteiger partial charge in [-0.05, 0) is 43.0 Å². The van der Waals surface area contributed by atoms with Crippen LogP contribution in [0.5, 0.6) is 0 Å². The van der Waals surface area contributed by atoms with E-state index in [1.54, 1.807) is 19.1 Å². The molecule has 108 valence electrons. The van der Waals surface area contributed by atoms with Crippen molar-refractivity contribution < 1.29 is 8.42 Å². The molecule has 1 N–H and O–H groups in total. The molecular formula is C15H20N2O2S. The van der Waals surface area contributed by atoms with E-state index in [0.29, 0.717) is 23.6 Å². The predicted molar refractivity (Wildman–Crippen MR) is 77.7 cm³/mol. The summed E-state index contributed by atoms with van der Waals surface area (Å²) in [5.74, 6) is 0.667. The summed E-state index contributed by atoms with van der Waals surface area (Å²) >= 11 is 0. The van der Waals surface area contributed by atoms with Gasteiger partial charge in [0.1, 0.15) is 0 Å². The first kappa shape index (κ1) is 15.0. The monoisotopic (exact) mass is 292 g/mol. The van der Waals surface area contributed by atoms with Crippen LogP contribution in [0.15, 0.2) is 23.1 Å². The van der Waals surface area contributed by atoms with Crippen LogP contribution in [-0.4, -0.2) is 15.0 Å². The minimum atomic E-state index is -3.46. The van der Waals surface area contributed by atoms with E-state index >= 15 is 0 Å². The fraction of sp³-hybridized carbons (Fsp3) is 0.533. The number of hydrogen-bond acceptors (Lipinski definition) is 3. The average molecular weight is 292 g/mol. The highest BCUT2D eigenvalue weighted by Gasteiger charge is 2.18. The Balaban J connectivity index is 1.99. The van der Waals surface area contributed by atoms with Gasteiger partial charge in [-0.2, -0.15) is 5.26 Å². The lowest BCUT2D eigenvalue weighted by Crippen LogP contribution is -2.26. The molecule has 5 heteroatoms. The van der Waals surface area contributed by atoms with Crippen molar-refractivity contribution >= 4 is 10.0 Å². The average Bonchev–Trinajstić information content (AvgIpc) is 2.91. The second-order valence-electron chi connectivity index (χ2n) is 5.43. The first-order valence-corrected chi connectivity index (χ1v) is 8.51. The Morgan fingerprint density at radius 3 is 2.65 bits per heavy atom. The number of aryl methyl sites for hydroxylation is 1. The van der Waals surface area contributed by atoms with Gasteiger partial charge in [-0.15, -0.1) is 0 Å². The van der Waals surface area contributed by atoms with Crippen LogP contribution in [0.2, 0.25) is 0 Å². The molecule has 0 amide bonds. The third-order valence-electron chi connectivity index (χ3n) is 3.95. The molecule has 1 aromatic rings. The van der Waals surface area contributed by atoms with Crippen LogP contribution in [0.1, 0.15) is 43.2 Å². The Morgan fingerprint density at radius 1 is 1.35 bits per heavy atom. The van der Waals surface area contributed by atoms with Crippen LogP contribution in [0.4, 0.5) is 0 Å². The van der Waals surface area contributed by atoms with Crippen LogP contribution in [0.3, 0.4) is 0 Å². The van der Waals surface area contributed by atoms with E-state index < -0.39 is 10.0 Å². The summed E-state index contributed by atoms with van der Waals surface area (Å²) in [7, 11) is -3.46. The van der Waals surface area contributed by atoms with E-state index in [9.17, 15) is 8.42 Å². The zero-order chi connectivity index (χ0) is 14.6. The second kappa shape index (κ2) is 6.38. The van der Waals surface area contributed by atoms with E-state index in [0.717, 1.165) is 6.42 Å². The quantitative estimate of drug-likeness (QED) is 0.907. The molecule has 0 radical (unpaired) electrons. The molecule has 4 nitrogen and oxygen atoms in total. The van der Waals surface area contributed by atoms with Gasteiger partial charge in [0.05, 0.1) is 16.5 Å². The van der Waals surface area contributed by atoms with Crippen LogP contribution in [-0.2, 0) is 10.0 Å². The van der Waals surface area contributed by atoms with Gasteiger partial charge in [0.2, 0.25) is 10.0 Å². The van der Waals surface area contributed by atoms with Crippen molar-refractivity contribution in [1.29, 1.82) is 5.26 Å². The number of benzene rings is 1. The first-order valence-electron chi connectivity index (χ1n) is 7.03. The molecule has 2 rings (SSSR count). The summed E-state index contributed by atoms with van der Waals surface area (Å²) in [6.45, 7) is 2.24. The second-order valence-corrected chi connectivity index (χ2v) is 7.19. The van der Waals surface area contributed by atoms with Gasteiger partial charge in [0, 0.05) is 6.54 Å². The molecule has 0 heterocycles. The smallest absolute Gasteiger partial charge is 0.211 e. The molecule has 0 atom stereocenters. The number of nitrogens with one attached hydrogen (secondary N) is 1. The Morgan fingerprint density at radius 2 is 2.05 bits per heavy atom. The van der Waals surface area contributed by atoms with Crippen molar-refractivity contribution in [2.45, 2.75) is 43.9 Å². The first-order chi connectivity index (χ1) is 9.53. The highest BCUT2D eigenvalue weighted by Crippen LogP contribution is 2.27. The summed E-state index contributed by atoms with van der Waals surface area (Å²) in [6.07, 6.45) is 5.89. The molecule has 0 bridgehead atoms. The molecule has 20 heavy (non-hydrogen) atoms. The molecule has 0 aliphatic heterocycles. The van der Waals surface area contributed by atoms with E-state index in [1.807, 2.05) is 6.07 Å². The predicted octanol–water partition coefficient (Wildman–Crippen LogP) is 2.73. The fourth-order valence-electron chi connectivity index (χ4n) is 2.71. The Bertz CT molecular complexity index is 611. The van der Waals surface area contributed by atoms with Gasteiger partial charge < -0.3 is 0 Å². The summed E-state index contributed by atoms with van der Waals surface area (Å²) in [4.78, 5) is 0.237. The molecule has 0 aromatic heterocycles. The van der Waals surface area contributed by atoms with Gasteiger partial charge in [-0.1, -0.05) is 25.7 Å². The van der Waals surface area contributed by atoms with Crippen LogP contribution in [0, 0.1) is 24.2 Å². The standard InChI is InChI=1S/C15H20N2O2S/c1-12-10-15(7-6-14(12)11-16)20(18,19)17-9-8-13-4-2-3-5-13/h6-7,10,13,17H,2-5,8-9H2,1H3. The Labute approximate surface area is 120 Å². The lowest BCUT2D eigenvalue weighted by molar-refractivity contribution is 0.495. The highest BCUT2D eigenvalue weighted by atomic mass is 32.2. The molecule has 0 saturated heterocycles. The zero-order valence-corrected chi connectivity index (χ0v) is 12.5. The van der Waals surface area contributed by atoms with E-state index in [-0.39, 0.29) is 4.90 Å². The summed E-state index contributed by atoms with van der Waals surface area (Å²) < 4.78 is 27.0. The molecule has 1 aromatic carbocycles. The third kappa shape index (κ3) is 3.59. The van der Waals surface area contributed by atoms with Crippen LogP contribution in [0.25, 0.3) is 0 Å². The maximum atomic E-state index is 12.2. The van der Waals surface area contributed by atoms with E-state index in [1.165, 1.54) is 31.7 Å². The van der Waals surface area contributed by atoms with Crippen molar-refractivity contribution in [3.63, 3.8) is 0 Å². The normalized spacial score (nSPS) is 16.2. The minimum Gasteiger partial charge on any atom is -0.211 e. The Hall–Kier alpha value is -1.38. The minimum absolute atomic E-state index is 0.237. The van der Waals surface area contributed by atoms with Crippen molar-refractivity contribution in [2.24, 2.45) is 5.92 Å². The van der Waals surface area contributed by atoms with E-state index in [2.05, 4.69) is 4.72 Å². The third-order valence-corrected chi connectivity index (χ3v) is 5.41. The summed E-state index contributed by atoms with van der Waals surface area (Å²) in [5, 5.41) is 8.86. The number of sulfonamides is 1. The molecule has 1 fully saturated rings. The number of hydrogen-bond donors (Lipinski definition) is 1. The van der Waals surface area contributed by atoms with Gasteiger partial charge in [0.15, 0.2) is 0 Å². The lowest BCUT2D eigenvalue weighted by Gasteiger charge is -2.11. The molecule has 1 aliphatic rings. The van der Waals surface area contributed by atoms with Gasteiger partial charge in [-0.3, -0.25) is 0 Å². The van der Waals surface area contributed by atoms with Crippen LogP contribution >= 0.6 is 0 Å². The van der Waals surface area contributed by atoms with Gasteiger partial charge in [0.25, 0.3) is 0 Å². The molecule has 1 aliphatic carbocycles. The molecular weight excluding hydrogens is 272 g/mol. The number of rotatable bonds is 5. The Kier molecular flexibility index (Phi) is 4.79. The fourth-order valence-corrected chi connectivity index (χ4v) is 3.84. The maximum Gasteiger partial charge on any atom is 0.240 e. The largest absolute Gasteiger partial charge is 0.240 e. The summed E-state index contributed by atoms with van der Waals surface area (Å²) in [6, 6.07) is 6.64. The van der Waals surface area contributed by atoms with Gasteiger partial charge in [-0.25, -0.2) is 13.1 Å². The summed E-state index contributed by atoms with van der Waals surface area (Å²) in [5.41, 5.74) is 1.20. The highest BCUT2D eigenvalue weighted by molar-refractivity contribution is 7.89. The molecule has 0 spiro atoms. The van der Waals surface area contributed by atoms with Crippen molar-refractivity contribution in [3.05, 3.63) is 29.3 Å². The number of nitrogens with zero attached hydrogens (tertiary/aromatic N) is 1. The van der Waals surface area contributed by atoms with Crippen molar-refractivity contribution in [1.82, 2.24) is 4.72 Å². The topological polar surface area (TPSA) is 70.0 Å². The van der Waals surface area contributed by atoms with Gasteiger partial charge >= 0.3 is 0 Å². The molecule has 1 saturated carbocycles. The zero-order valence-electron chi connectivity index (χ0n) is 11.7. The van der Waals surface area contributed by atoms with Crippen molar-refractivity contribution in [3.8, 4) is 6.07 Å². The SMILES string of the molecule is Cc1cc(S(=O)(=O)NCCC2CCCC2)ccc1C#N.